The molecule has 7 heteroatoms. The summed E-state index contributed by atoms with van der Waals surface area (Å²) in [6, 6.07) is 7.18. The van der Waals surface area contributed by atoms with Crippen LogP contribution in [0.25, 0.3) is 0 Å². The summed E-state index contributed by atoms with van der Waals surface area (Å²) in [7, 11) is 0. The highest BCUT2D eigenvalue weighted by Crippen LogP contribution is 2.31. The Balaban J connectivity index is 2.09. The summed E-state index contributed by atoms with van der Waals surface area (Å²) in [5.41, 5.74) is 0.0226. The number of nitrogens with zero attached hydrogens (tertiary/aromatic N) is 1. The van der Waals surface area contributed by atoms with Crippen LogP contribution >= 0.6 is 11.8 Å². The molecule has 6 nitrogen and oxygen atoms in total. The molecule has 1 heterocycles. The SMILES string of the molecule is CCCOc1ccccc1NC(=O)CN1C(=O)CS/C1=C\C(=O)C(C)(C)C. The Bertz CT molecular complexity index is 753. The van der Waals surface area contributed by atoms with Crippen LogP contribution in [0.2, 0.25) is 0 Å². The highest BCUT2D eigenvalue weighted by atomic mass is 32.2. The van der Waals surface area contributed by atoms with Crippen LogP contribution in [0.15, 0.2) is 35.4 Å². The molecule has 1 saturated heterocycles. The van der Waals surface area contributed by atoms with E-state index in [4.69, 9.17) is 4.74 Å². The van der Waals surface area contributed by atoms with Crippen LogP contribution in [-0.2, 0) is 14.4 Å². The van der Waals surface area contributed by atoms with Crippen LogP contribution in [0.3, 0.4) is 0 Å². The van der Waals surface area contributed by atoms with Gasteiger partial charge in [0, 0.05) is 11.5 Å². The zero-order valence-electron chi connectivity index (χ0n) is 16.2. The predicted octanol–water partition coefficient (Wildman–Crippen LogP) is 3.45. The fourth-order valence-corrected chi connectivity index (χ4v) is 3.21. The summed E-state index contributed by atoms with van der Waals surface area (Å²) >= 11 is 1.28. The normalized spacial score (nSPS) is 15.9. The van der Waals surface area contributed by atoms with Crippen LogP contribution in [0, 0.1) is 5.41 Å². The number of carbonyl (C=O) groups is 3. The van der Waals surface area contributed by atoms with Crippen molar-refractivity contribution in [3.63, 3.8) is 0 Å². The number of hydrogen-bond acceptors (Lipinski definition) is 5. The molecule has 0 atom stereocenters. The number of ether oxygens (including phenoxy) is 1. The minimum atomic E-state index is -0.539. The molecule has 0 aliphatic carbocycles. The van der Waals surface area contributed by atoms with Crippen molar-refractivity contribution < 1.29 is 19.1 Å². The standard InChI is InChI=1S/C20H26N2O4S/c1-5-10-26-15-9-7-6-8-14(15)21-17(24)12-22-18(25)13-27-19(22)11-16(23)20(2,3)4/h6-9,11H,5,10,12-13H2,1-4H3,(H,21,24)/b19-11-. The average Bonchev–Trinajstić information content (AvgIpc) is 2.93. The van der Waals surface area contributed by atoms with Gasteiger partial charge in [-0.25, -0.2) is 0 Å². The van der Waals surface area contributed by atoms with Crippen molar-refractivity contribution in [2.45, 2.75) is 34.1 Å². The molecule has 0 unspecified atom stereocenters. The van der Waals surface area contributed by atoms with Gasteiger partial charge in [-0.15, -0.1) is 0 Å². The number of thioether (sulfide) groups is 1. The predicted molar refractivity (Wildman–Crippen MR) is 108 cm³/mol. The summed E-state index contributed by atoms with van der Waals surface area (Å²) in [5, 5.41) is 3.31. The molecule has 0 spiro atoms. The highest BCUT2D eigenvalue weighted by Gasteiger charge is 2.31. The second kappa shape index (κ2) is 9.08. The largest absolute Gasteiger partial charge is 0.491 e. The van der Waals surface area contributed by atoms with Crippen molar-refractivity contribution >= 4 is 35.0 Å². The molecule has 2 amide bonds. The Morgan fingerprint density at radius 1 is 1.30 bits per heavy atom. The lowest BCUT2D eigenvalue weighted by atomic mass is 9.91. The first-order chi connectivity index (χ1) is 12.7. The van der Waals surface area contributed by atoms with Crippen LogP contribution in [-0.4, -0.2) is 41.4 Å². The molecule has 1 aliphatic rings. The quantitative estimate of drug-likeness (QED) is 0.722. The van der Waals surface area contributed by atoms with Gasteiger partial charge in [0.1, 0.15) is 12.3 Å². The number of ketones is 1. The Kier molecular flexibility index (Phi) is 7.07. The molecule has 2 rings (SSSR count). The topological polar surface area (TPSA) is 75.7 Å². The summed E-state index contributed by atoms with van der Waals surface area (Å²) in [5.74, 6) is 0.218. The van der Waals surface area contributed by atoms with Gasteiger partial charge in [0.15, 0.2) is 5.78 Å². The zero-order valence-corrected chi connectivity index (χ0v) is 17.0. The van der Waals surface area contributed by atoms with Crippen LogP contribution in [0.4, 0.5) is 5.69 Å². The second-order valence-corrected chi connectivity index (χ2v) is 8.25. The summed E-state index contributed by atoms with van der Waals surface area (Å²) in [6.45, 7) is 7.87. The average molecular weight is 391 g/mol. The van der Waals surface area contributed by atoms with Gasteiger partial charge in [-0.2, -0.15) is 0 Å². The Morgan fingerprint density at radius 2 is 2.00 bits per heavy atom. The third kappa shape index (κ3) is 5.85. The Labute approximate surface area is 164 Å². The van der Waals surface area contributed by atoms with Crippen LogP contribution < -0.4 is 10.1 Å². The van der Waals surface area contributed by atoms with Crippen molar-refractivity contribution in [1.29, 1.82) is 0 Å². The highest BCUT2D eigenvalue weighted by molar-refractivity contribution is 8.04. The van der Waals surface area contributed by atoms with Gasteiger partial charge in [0.2, 0.25) is 11.8 Å². The van der Waals surface area contributed by atoms with E-state index in [1.165, 1.54) is 22.7 Å². The van der Waals surface area contributed by atoms with Crippen molar-refractivity contribution in [3.05, 3.63) is 35.4 Å². The van der Waals surface area contributed by atoms with E-state index in [0.717, 1.165) is 6.42 Å². The number of para-hydroxylation sites is 2. The first kappa shape index (κ1) is 21.0. The number of anilines is 1. The molecule has 1 aromatic rings. The number of benzene rings is 1. The molecular formula is C20H26N2O4S. The number of amides is 2. The van der Waals surface area contributed by atoms with E-state index >= 15 is 0 Å². The number of allylic oxidation sites excluding steroid dienone is 1. The van der Waals surface area contributed by atoms with Crippen LogP contribution in [0.5, 0.6) is 5.75 Å². The molecule has 146 valence electrons. The minimum absolute atomic E-state index is 0.0802. The first-order valence-electron chi connectivity index (χ1n) is 8.93. The lowest BCUT2D eigenvalue weighted by Crippen LogP contribution is -2.34. The molecular weight excluding hydrogens is 364 g/mol. The van der Waals surface area contributed by atoms with Crippen molar-refractivity contribution in [2.24, 2.45) is 5.41 Å². The van der Waals surface area contributed by atoms with Gasteiger partial charge in [-0.05, 0) is 18.6 Å². The van der Waals surface area contributed by atoms with E-state index in [0.29, 0.717) is 23.1 Å². The smallest absolute Gasteiger partial charge is 0.244 e. The fourth-order valence-electron chi connectivity index (χ4n) is 2.27. The third-order valence-electron chi connectivity index (χ3n) is 3.83. The molecule has 0 radical (unpaired) electrons. The number of carbonyl (C=O) groups excluding carboxylic acids is 3. The van der Waals surface area contributed by atoms with Crippen LogP contribution in [0.1, 0.15) is 34.1 Å². The summed E-state index contributed by atoms with van der Waals surface area (Å²) < 4.78 is 5.63. The Morgan fingerprint density at radius 3 is 2.67 bits per heavy atom. The van der Waals surface area contributed by atoms with E-state index in [1.807, 2.05) is 33.8 Å². The van der Waals surface area contributed by atoms with Gasteiger partial charge in [0.25, 0.3) is 0 Å². The molecule has 1 fully saturated rings. The molecule has 0 saturated carbocycles. The molecule has 1 N–H and O–H groups in total. The van der Waals surface area contributed by atoms with Gasteiger partial charge < -0.3 is 10.1 Å². The molecule has 0 aromatic heterocycles. The van der Waals surface area contributed by atoms with Crippen molar-refractivity contribution in [3.8, 4) is 5.75 Å². The van der Waals surface area contributed by atoms with E-state index in [-0.39, 0.29) is 29.9 Å². The fraction of sp³-hybridized carbons (Fsp3) is 0.450. The molecule has 1 aromatic carbocycles. The van der Waals surface area contributed by atoms with Gasteiger partial charge in [-0.1, -0.05) is 51.6 Å². The number of hydrogen-bond donors (Lipinski definition) is 1. The lowest BCUT2D eigenvalue weighted by molar-refractivity contribution is -0.129. The van der Waals surface area contributed by atoms with E-state index in [2.05, 4.69) is 5.32 Å². The maximum atomic E-state index is 12.5. The number of rotatable bonds is 7. The maximum Gasteiger partial charge on any atom is 0.244 e. The van der Waals surface area contributed by atoms with Gasteiger partial charge >= 0.3 is 0 Å². The maximum absolute atomic E-state index is 12.5. The lowest BCUT2D eigenvalue weighted by Gasteiger charge is -2.19. The zero-order chi connectivity index (χ0) is 20.0. The van der Waals surface area contributed by atoms with Crippen molar-refractivity contribution in [2.75, 3.05) is 24.2 Å². The van der Waals surface area contributed by atoms with Gasteiger partial charge in [-0.3, -0.25) is 19.3 Å². The third-order valence-corrected chi connectivity index (χ3v) is 4.85. The van der Waals surface area contributed by atoms with E-state index < -0.39 is 5.41 Å². The van der Waals surface area contributed by atoms with E-state index in [9.17, 15) is 14.4 Å². The van der Waals surface area contributed by atoms with Crippen molar-refractivity contribution in [1.82, 2.24) is 4.90 Å². The molecule has 1 aliphatic heterocycles. The molecule has 27 heavy (non-hydrogen) atoms. The molecule has 0 bridgehead atoms. The first-order valence-corrected chi connectivity index (χ1v) is 9.92. The minimum Gasteiger partial charge on any atom is -0.491 e. The van der Waals surface area contributed by atoms with Gasteiger partial charge in [0.05, 0.1) is 23.1 Å². The Hall–Kier alpha value is -2.28. The second-order valence-electron chi connectivity index (χ2n) is 7.26. The number of nitrogens with one attached hydrogen (secondary N) is 1. The van der Waals surface area contributed by atoms with E-state index in [1.54, 1.807) is 18.2 Å². The summed E-state index contributed by atoms with van der Waals surface area (Å²) in [6.07, 6.45) is 2.32. The monoisotopic (exact) mass is 390 g/mol. The summed E-state index contributed by atoms with van der Waals surface area (Å²) in [4.78, 5) is 38.3.